The highest BCUT2D eigenvalue weighted by Gasteiger charge is 2.21. The number of hydrogen-bond donors (Lipinski definition) is 1. The van der Waals surface area contributed by atoms with E-state index < -0.39 is 15.9 Å². The van der Waals surface area contributed by atoms with Gasteiger partial charge < -0.3 is 5.11 Å². The maximum Gasteiger partial charge on any atom is 0.178 e. The number of aliphatic hydroxyl groups is 1. The normalized spacial score (nSPS) is 15.7. The van der Waals surface area contributed by atoms with E-state index in [1.807, 2.05) is 13.8 Å². The maximum absolute atomic E-state index is 11.7. The molecule has 0 fully saturated rings. The third kappa shape index (κ3) is 3.33. The summed E-state index contributed by atoms with van der Waals surface area (Å²) in [5.74, 6) is 0.443. The minimum Gasteiger partial charge on any atom is -0.393 e. The van der Waals surface area contributed by atoms with Crippen LogP contribution in [0.15, 0.2) is 29.2 Å². The third-order valence-corrected chi connectivity index (χ3v) is 4.99. The molecule has 1 aromatic carbocycles. The van der Waals surface area contributed by atoms with Crippen molar-refractivity contribution in [3.63, 3.8) is 0 Å². The molecule has 1 rings (SSSR count). The molecule has 102 valence electrons. The summed E-state index contributed by atoms with van der Waals surface area (Å²) in [5, 5.41) is 9.79. The molecule has 18 heavy (non-hydrogen) atoms. The largest absolute Gasteiger partial charge is 0.393 e. The van der Waals surface area contributed by atoms with Gasteiger partial charge in [0.25, 0.3) is 0 Å². The molecule has 1 N–H and O–H groups in total. The van der Waals surface area contributed by atoms with Crippen molar-refractivity contribution in [2.75, 3.05) is 5.75 Å². The van der Waals surface area contributed by atoms with E-state index >= 15 is 0 Å². The standard InChI is InChI=1S/C14H22O3S/c1-5-18(16,17)13-8-6-12(7-9-13)14(10(2)3)11(4)15/h6-11,14-15H,5H2,1-4H3. The van der Waals surface area contributed by atoms with Crippen LogP contribution in [0.25, 0.3) is 0 Å². The zero-order chi connectivity index (χ0) is 13.9. The van der Waals surface area contributed by atoms with Crippen molar-refractivity contribution in [2.45, 2.75) is 44.6 Å². The summed E-state index contributed by atoms with van der Waals surface area (Å²) in [5.41, 5.74) is 0.982. The molecule has 0 aromatic heterocycles. The zero-order valence-electron chi connectivity index (χ0n) is 11.4. The van der Waals surface area contributed by atoms with Gasteiger partial charge in [-0.2, -0.15) is 0 Å². The van der Waals surface area contributed by atoms with Crippen molar-refractivity contribution >= 4 is 9.84 Å². The topological polar surface area (TPSA) is 54.4 Å². The average molecular weight is 270 g/mol. The van der Waals surface area contributed by atoms with Gasteiger partial charge in [-0.25, -0.2) is 8.42 Å². The fourth-order valence-corrected chi connectivity index (χ4v) is 3.17. The summed E-state index contributed by atoms with van der Waals surface area (Å²) in [6, 6.07) is 6.87. The first kappa shape index (κ1) is 15.2. The van der Waals surface area contributed by atoms with Crippen molar-refractivity contribution in [3.05, 3.63) is 29.8 Å². The highest BCUT2D eigenvalue weighted by Crippen LogP contribution is 2.28. The zero-order valence-corrected chi connectivity index (χ0v) is 12.2. The molecule has 4 heteroatoms. The highest BCUT2D eigenvalue weighted by molar-refractivity contribution is 7.91. The minimum atomic E-state index is -3.14. The fourth-order valence-electron chi connectivity index (χ4n) is 2.28. The molecule has 0 heterocycles. The molecule has 0 aliphatic heterocycles. The van der Waals surface area contributed by atoms with Gasteiger partial charge >= 0.3 is 0 Å². The quantitative estimate of drug-likeness (QED) is 0.894. The molecule has 0 bridgehead atoms. The molecule has 0 aliphatic rings. The molecule has 2 atom stereocenters. The molecule has 0 radical (unpaired) electrons. The Hall–Kier alpha value is -0.870. The second-order valence-electron chi connectivity index (χ2n) is 4.98. The maximum atomic E-state index is 11.7. The van der Waals surface area contributed by atoms with E-state index in [1.165, 1.54) is 0 Å². The molecule has 2 unspecified atom stereocenters. The molecule has 0 saturated heterocycles. The third-order valence-electron chi connectivity index (χ3n) is 3.24. The number of rotatable bonds is 5. The van der Waals surface area contributed by atoms with E-state index in [2.05, 4.69) is 0 Å². The lowest BCUT2D eigenvalue weighted by Gasteiger charge is -2.24. The van der Waals surface area contributed by atoms with Gasteiger partial charge in [-0.1, -0.05) is 32.9 Å². The van der Waals surface area contributed by atoms with Crippen LogP contribution < -0.4 is 0 Å². The van der Waals surface area contributed by atoms with Crippen LogP contribution in [0.4, 0.5) is 0 Å². The van der Waals surface area contributed by atoms with Gasteiger partial charge in [-0.05, 0) is 30.5 Å². The van der Waals surface area contributed by atoms with E-state index in [-0.39, 0.29) is 11.7 Å². The first-order chi connectivity index (χ1) is 8.29. The van der Waals surface area contributed by atoms with Gasteiger partial charge in [0, 0.05) is 5.92 Å². The van der Waals surface area contributed by atoms with Crippen LogP contribution in [-0.2, 0) is 9.84 Å². The summed E-state index contributed by atoms with van der Waals surface area (Å²) in [6.45, 7) is 7.50. The van der Waals surface area contributed by atoms with Gasteiger partial charge in [0.1, 0.15) is 0 Å². The van der Waals surface area contributed by atoms with E-state index in [0.29, 0.717) is 10.8 Å². The monoisotopic (exact) mass is 270 g/mol. The summed E-state index contributed by atoms with van der Waals surface area (Å²) in [7, 11) is -3.14. The summed E-state index contributed by atoms with van der Waals surface area (Å²) in [4.78, 5) is 0.349. The Kier molecular flexibility index (Phi) is 4.93. The number of hydrogen-bond acceptors (Lipinski definition) is 3. The summed E-state index contributed by atoms with van der Waals surface area (Å²) in [6.07, 6.45) is -0.446. The first-order valence-electron chi connectivity index (χ1n) is 6.30. The highest BCUT2D eigenvalue weighted by atomic mass is 32.2. The fraction of sp³-hybridized carbons (Fsp3) is 0.571. The van der Waals surface area contributed by atoms with E-state index in [0.717, 1.165) is 5.56 Å². The van der Waals surface area contributed by atoms with Crippen molar-refractivity contribution < 1.29 is 13.5 Å². The van der Waals surface area contributed by atoms with Crippen LogP contribution >= 0.6 is 0 Å². The predicted octanol–water partition coefficient (Wildman–Crippen LogP) is 2.60. The molecule has 1 aromatic rings. The number of benzene rings is 1. The molecule has 0 aliphatic carbocycles. The van der Waals surface area contributed by atoms with Crippen LogP contribution in [0.2, 0.25) is 0 Å². The second kappa shape index (κ2) is 5.85. The molecular formula is C14H22O3S. The van der Waals surface area contributed by atoms with E-state index in [9.17, 15) is 13.5 Å². The Labute approximate surface area is 110 Å². The Morgan fingerprint density at radius 2 is 1.61 bits per heavy atom. The Morgan fingerprint density at radius 1 is 1.11 bits per heavy atom. The van der Waals surface area contributed by atoms with Gasteiger partial charge in [0.15, 0.2) is 9.84 Å². The Bertz CT molecular complexity index is 464. The minimum absolute atomic E-state index is 0.0309. The molecule has 0 spiro atoms. The predicted molar refractivity (Wildman–Crippen MR) is 73.4 cm³/mol. The molecular weight excluding hydrogens is 248 g/mol. The SMILES string of the molecule is CCS(=O)(=O)c1ccc(C(C(C)C)C(C)O)cc1. The average Bonchev–Trinajstić information content (AvgIpc) is 2.29. The Balaban J connectivity index is 3.09. The van der Waals surface area contributed by atoms with Crippen LogP contribution in [-0.4, -0.2) is 25.4 Å². The van der Waals surface area contributed by atoms with Crippen molar-refractivity contribution in [1.29, 1.82) is 0 Å². The van der Waals surface area contributed by atoms with Gasteiger partial charge in [-0.15, -0.1) is 0 Å². The number of sulfone groups is 1. The lowest BCUT2D eigenvalue weighted by atomic mass is 9.85. The lowest BCUT2D eigenvalue weighted by Crippen LogP contribution is -2.20. The van der Waals surface area contributed by atoms with Crippen molar-refractivity contribution in [2.24, 2.45) is 5.92 Å². The van der Waals surface area contributed by atoms with Gasteiger partial charge in [0.2, 0.25) is 0 Å². The van der Waals surface area contributed by atoms with Crippen LogP contribution in [0.1, 0.15) is 39.2 Å². The van der Waals surface area contributed by atoms with Crippen LogP contribution in [0.3, 0.4) is 0 Å². The molecule has 0 amide bonds. The molecule has 0 saturated carbocycles. The lowest BCUT2D eigenvalue weighted by molar-refractivity contribution is 0.140. The summed E-state index contributed by atoms with van der Waals surface area (Å²) < 4.78 is 23.4. The van der Waals surface area contributed by atoms with Crippen LogP contribution in [0.5, 0.6) is 0 Å². The van der Waals surface area contributed by atoms with Gasteiger partial charge in [-0.3, -0.25) is 0 Å². The van der Waals surface area contributed by atoms with E-state index in [1.54, 1.807) is 38.1 Å². The Morgan fingerprint density at radius 3 is 1.94 bits per heavy atom. The van der Waals surface area contributed by atoms with Crippen LogP contribution in [0, 0.1) is 5.92 Å². The van der Waals surface area contributed by atoms with Crippen molar-refractivity contribution in [1.82, 2.24) is 0 Å². The smallest absolute Gasteiger partial charge is 0.178 e. The first-order valence-corrected chi connectivity index (χ1v) is 7.95. The second-order valence-corrected chi connectivity index (χ2v) is 7.26. The van der Waals surface area contributed by atoms with Crippen molar-refractivity contribution in [3.8, 4) is 0 Å². The molecule has 3 nitrogen and oxygen atoms in total. The summed E-state index contributed by atoms with van der Waals surface area (Å²) >= 11 is 0. The number of aliphatic hydroxyl groups excluding tert-OH is 1. The van der Waals surface area contributed by atoms with Gasteiger partial charge in [0.05, 0.1) is 16.8 Å². The van der Waals surface area contributed by atoms with E-state index in [4.69, 9.17) is 0 Å².